The maximum atomic E-state index is 4.96. The van der Waals surface area contributed by atoms with Crippen LogP contribution in [0.2, 0.25) is 0 Å². The summed E-state index contributed by atoms with van der Waals surface area (Å²) in [6.45, 7) is 2.78. The average Bonchev–Trinajstić information content (AvgIpc) is 2.77. The van der Waals surface area contributed by atoms with Gasteiger partial charge in [0.25, 0.3) is 0 Å². The average molecular weight is 195 g/mol. The van der Waals surface area contributed by atoms with E-state index in [4.69, 9.17) is 4.52 Å². The number of anilines is 1. The lowest BCUT2D eigenvalue weighted by Gasteiger charge is -2.07. The molecule has 1 heterocycles. The van der Waals surface area contributed by atoms with Crippen molar-refractivity contribution in [2.24, 2.45) is 5.92 Å². The van der Waals surface area contributed by atoms with Gasteiger partial charge in [-0.1, -0.05) is 30.8 Å². The van der Waals surface area contributed by atoms with E-state index < -0.39 is 0 Å². The predicted molar refractivity (Wildman–Crippen MR) is 54.1 cm³/mol. The van der Waals surface area contributed by atoms with Gasteiger partial charge in [0.2, 0.25) is 0 Å². The molecule has 0 saturated heterocycles. The summed E-state index contributed by atoms with van der Waals surface area (Å²) < 4.78 is 4.96. The van der Waals surface area contributed by atoms with Gasteiger partial charge in [0.15, 0.2) is 5.82 Å². The van der Waals surface area contributed by atoms with Gasteiger partial charge in [0, 0.05) is 6.54 Å². The molecule has 1 fully saturated rings. The Kier molecular flexibility index (Phi) is 3.01. The highest BCUT2D eigenvalue weighted by Crippen LogP contribution is 2.27. The number of rotatable bonds is 4. The quantitative estimate of drug-likeness (QED) is 0.801. The number of hydrogen-bond donors (Lipinski definition) is 1. The molecule has 1 aromatic rings. The fourth-order valence-corrected chi connectivity index (χ4v) is 2.05. The smallest absolute Gasteiger partial charge is 0.321 e. The van der Waals surface area contributed by atoms with E-state index in [1.807, 2.05) is 6.92 Å². The number of aromatic nitrogens is 2. The summed E-state index contributed by atoms with van der Waals surface area (Å²) in [4.78, 5) is 4.09. The van der Waals surface area contributed by atoms with Crippen LogP contribution in [0.3, 0.4) is 0 Å². The molecule has 0 atom stereocenters. The molecule has 14 heavy (non-hydrogen) atoms. The van der Waals surface area contributed by atoms with E-state index in [1.165, 1.54) is 32.1 Å². The first-order valence-corrected chi connectivity index (χ1v) is 5.39. The van der Waals surface area contributed by atoms with E-state index in [9.17, 15) is 0 Å². The Morgan fingerprint density at radius 3 is 2.86 bits per heavy atom. The predicted octanol–water partition coefficient (Wildman–Crippen LogP) is 2.37. The lowest BCUT2D eigenvalue weighted by atomic mass is 10.0. The van der Waals surface area contributed by atoms with Crippen LogP contribution in [0, 0.1) is 12.8 Å². The second-order valence-electron chi connectivity index (χ2n) is 4.01. The van der Waals surface area contributed by atoms with E-state index in [1.54, 1.807) is 0 Å². The Bertz CT molecular complexity index is 279. The molecule has 0 spiro atoms. The van der Waals surface area contributed by atoms with Crippen molar-refractivity contribution in [3.63, 3.8) is 0 Å². The summed E-state index contributed by atoms with van der Waals surface area (Å²) in [5.74, 6) is 1.60. The van der Waals surface area contributed by atoms with Gasteiger partial charge >= 0.3 is 6.01 Å². The fraction of sp³-hybridized carbons (Fsp3) is 0.800. The third kappa shape index (κ3) is 2.47. The number of hydrogen-bond acceptors (Lipinski definition) is 4. The molecular weight excluding hydrogens is 178 g/mol. The highest BCUT2D eigenvalue weighted by molar-refractivity contribution is 5.17. The van der Waals surface area contributed by atoms with E-state index in [2.05, 4.69) is 15.5 Å². The molecule has 4 nitrogen and oxygen atoms in total. The second kappa shape index (κ2) is 4.44. The molecule has 0 aromatic carbocycles. The molecule has 78 valence electrons. The van der Waals surface area contributed by atoms with Gasteiger partial charge in [-0.05, 0) is 19.3 Å². The Hall–Kier alpha value is -1.06. The van der Waals surface area contributed by atoms with Gasteiger partial charge in [0.05, 0.1) is 0 Å². The van der Waals surface area contributed by atoms with Crippen LogP contribution in [-0.2, 0) is 0 Å². The van der Waals surface area contributed by atoms with Crippen molar-refractivity contribution >= 4 is 6.01 Å². The van der Waals surface area contributed by atoms with Crippen molar-refractivity contribution in [3.05, 3.63) is 5.82 Å². The summed E-state index contributed by atoms with van der Waals surface area (Å²) in [5.41, 5.74) is 0. The van der Waals surface area contributed by atoms with E-state index in [-0.39, 0.29) is 0 Å². The minimum absolute atomic E-state index is 0.556. The molecule has 0 bridgehead atoms. The highest BCUT2D eigenvalue weighted by Gasteiger charge is 2.14. The maximum absolute atomic E-state index is 4.96. The Balaban J connectivity index is 1.67. The van der Waals surface area contributed by atoms with E-state index in [0.717, 1.165) is 12.5 Å². The first-order valence-electron chi connectivity index (χ1n) is 5.39. The van der Waals surface area contributed by atoms with Crippen LogP contribution in [0.25, 0.3) is 0 Å². The number of nitrogens with one attached hydrogen (secondary N) is 1. The van der Waals surface area contributed by atoms with Crippen LogP contribution in [0.4, 0.5) is 6.01 Å². The summed E-state index contributed by atoms with van der Waals surface area (Å²) in [7, 11) is 0. The summed E-state index contributed by atoms with van der Waals surface area (Å²) >= 11 is 0. The Morgan fingerprint density at radius 2 is 2.21 bits per heavy atom. The van der Waals surface area contributed by atoms with Gasteiger partial charge in [-0.15, -0.1) is 0 Å². The van der Waals surface area contributed by atoms with Crippen molar-refractivity contribution < 1.29 is 4.52 Å². The lowest BCUT2D eigenvalue weighted by molar-refractivity contribution is 0.422. The van der Waals surface area contributed by atoms with Crippen molar-refractivity contribution in [1.29, 1.82) is 0 Å². The molecule has 1 N–H and O–H groups in total. The summed E-state index contributed by atoms with van der Waals surface area (Å²) in [6, 6.07) is 0.556. The van der Waals surface area contributed by atoms with Gasteiger partial charge in [0.1, 0.15) is 0 Å². The van der Waals surface area contributed by atoms with Crippen LogP contribution in [0.5, 0.6) is 0 Å². The van der Waals surface area contributed by atoms with Crippen molar-refractivity contribution in [3.8, 4) is 0 Å². The summed E-state index contributed by atoms with van der Waals surface area (Å²) in [6.07, 6.45) is 6.82. The normalized spacial score (nSPS) is 17.5. The molecule has 1 aliphatic carbocycles. The first kappa shape index (κ1) is 9.49. The molecule has 0 amide bonds. The van der Waals surface area contributed by atoms with Crippen LogP contribution < -0.4 is 5.32 Å². The van der Waals surface area contributed by atoms with Gasteiger partial charge < -0.3 is 9.84 Å². The minimum Gasteiger partial charge on any atom is -0.338 e. The summed E-state index contributed by atoms with van der Waals surface area (Å²) in [5, 5.41) is 6.87. The topological polar surface area (TPSA) is 51.0 Å². The van der Waals surface area contributed by atoms with Crippen LogP contribution in [0.1, 0.15) is 37.9 Å². The van der Waals surface area contributed by atoms with Crippen molar-refractivity contribution in [1.82, 2.24) is 10.1 Å². The minimum atomic E-state index is 0.556. The zero-order valence-corrected chi connectivity index (χ0v) is 8.62. The highest BCUT2D eigenvalue weighted by atomic mass is 16.5. The molecule has 2 rings (SSSR count). The van der Waals surface area contributed by atoms with Crippen molar-refractivity contribution in [2.75, 3.05) is 11.9 Å². The molecule has 0 aliphatic heterocycles. The van der Waals surface area contributed by atoms with E-state index >= 15 is 0 Å². The molecule has 0 radical (unpaired) electrons. The zero-order valence-electron chi connectivity index (χ0n) is 8.62. The number of aryl methyl sites for hydroxylation is 1. The molecular formula is C10H17N3O. The zero-order chi connectivity index (χ0) is 9.80. The SMILES string of the molecule is Cc1noc(NCCC2CCCC2)n1. The van der Waals surface area contributed by atoms with Gasteiger partial charge in [-0.2, -0.15) is 4.98 Å². The molecule has 0 unspecified atom stereocenters. The standard InChI is InChI=1S/C10H17N3O/c1-8-12-10(14-13-8)11-7-6-9-4-2-3-5-9/h9H,2-7H2,1H3,(H,11,12,13). The first-order chi connectivity index (χ1) is 6.84. The van der Waals surface area contributed by atoms with Gasteiger partial charge in [-0.25, -0.2) is 0 Å². The fourth-order valence-electron chi connectivity index (χ4n) is 2.05. The lowest BCUT2D eigenvalue weighted by Crippen LogP contribution is -2.06. The Morgan fingerprint density at radius 1 is 1.43 bits per heavy atom. The molecule has 1 aromatic heterocycles. The monoisotopic (exact) mass is 195 g/mol. The van der Waals surface area contributed by atoms with Crippen LogP contribution in [0.15, 0.2) is 4.52 Å². The molecule has 4 heteroatoms. The second-order valence-corrected chi connectivity index (χ2v) is 4.01. The largest absolute Gasteiger partial charge is 0.338 e. The molecule has 1 aliphatic rings. The third-order valence-corrected chi connectivity index (χ3v) is 2.83. The van der Waals surface area contributed by atoms with Gasteiger partial charge in [-0.3, -0.25) is 0 Å². The third-order valence-electron chi connectivity index (χ3n) is 2.83. The van der Waals surface area contributed by atoms with Crippen LogP contribution >= 0.6 is 0 Å². The van der Waals surface area contributed by atoms with Crippen molar-refractivity contribution in [2.45, 2.75) is 39.0 Å². The van der Waals surface area contributed by atoms with E-state index in [0.29, 0.717) is 11.8 Å². The maximum Gasteiger partial charge on any atom is 0.321 e. The Labute approximate surface area is 84.1 Å². The molecule has 1 saturated carbocycles. The van der Waals surface area contributed by atoms with Crippen LogP contribution in [-0.4, -0.2) is 16.7 Å². The number of nitrogens with zero attached hydrogens (tertiary/aromatic N) is 2.